The van der Waals surface area contributed by atoms with Gasteiger partial charge in [-0.15, -0.1) is 11.3 Å². The molecule has 0 fully saturated rings. The van der Waals surface area contributed by atoms with Gasteiger partial charge < -0.3 is 5.73 Å². The molecule has 0 spiro atoms. The van der Waals surface area contributed by atoms with E-state index in [2.05, 4.69) is 0 Å². The van der Waals surface area contributed by atoms with Crippen molar-refractivity contribution in [2.45, 2.75) is 12.7 Å². The number of hydrogen-bond donors (Lipinski definition) is 1. The summed E-state index contributed by atoms with van der Waals surface area (Å²) in [4.78, 5) is -0.571. The second kappa shape index (κ2) is 3.50. The van der Waals surface area contributed by atoms with Crippen molar-refractivity contribution in [3.05, 3.63) is 34.7 Å². The van der Waals surface area contributed by atoms with Gasteiger partial charge in [-0.3, -0.25) is 0 Å². The zero-order chi connectivity index (χ0) is 11.1. The van der Waals surface area contributed by atoms with Crippen LogP contribution in [0.15, 0.2) is 24.3 Å². The molecule has 0 bridgehead atoms. The third kappa shape index (κ3) is 1.85. The van der Waals surface area contributed by atoms with Crippen molar-refractivity contribution in [1.29, 1.82) is 0 Å². The Balaban J connectivity index is 2.65. The van der Waals surface area contributed by atoms with Crippen LogP contribution in [0.5, 0.6) is 0 Å². The molecule has 5 heteroatoms. The average Bonchev–Trinajstić information content (AvgIpc) is 2.59. The van der Waals surface area contributed by atoms with Crippen LogP contribution in [-0.2, 0) is 12.7 Å². The van der Waals surface area contributed by atoms with E-state index in [-0.39, 0.29) is 6.54 Å². The molecule has 1 nitrogen and oxygen atoms in total. The fourth-order valence-corrected chi connectivity index (χ4v) is 2.42. The Hall–Kier alpha value is -1.07. The fraction of sp³-hybridized carbons (Fsp3) is 0.200. The fourth-order valence-electron chi connectivity index (χ4n) is 1.44. The molecule has 0 aliphatic carbocycles. The van der Waals surface area contributed by atoms with Crippen LogP contribution in [0.1, 0.15) is 10.4 Å². The summed E-state index contributed by atoms with van der Waals surface area (Å²) in [6.45, 7) is 0.255. The second-order valence-electron chi connectivity index (χ2n) is 3.14. The maximum atomic E-state index is 12.4. The van der Waals surface area contributed by atoms with Crippen LogP contribution < -0.4 is 5.73 Å². The number of alkyl halides is 3. The first-order valence-corrected chi connectivity index (χ1v) is 5.12. The lowest BCUT2D eigenvalue weighted by Gasteiger charge is -2.00. The van der Waals surface area contributed by atoms with Gasteiger partial charge in [0.25, 0.3) is 0 Å². The third-order valence-electron chi connectivity index (χ3n) is 2.15. The van der Waals surface area contributed by atoms with Gasteiger partial charge in [0.1, 0.15) is 4.88 Å². The summed E-state index contributed by atoms with van der Waals surface area (Å²) in [6, 6.07) is 6.31. The lowest BCUT2D eigenvalue weighted by atomic mass is 10.1. The number of rotatable bonds is 1. The number of halogens is 3. The largest absolute Gasteiger partial charge is 0.425 e. The van der Waals surface area contributed by atoms with Crippen LogP contribution in [-0.4, -0.2) is 0 Å². The minimum Gasteiger partial charge on any atom is -0.326 e. The van der Waals surface area contributed by atoms with E-state index in [1.807, 2.05) is 0 Å². The van der Waals surface area contributed by atoms with Crippen molar-refractivity contribution < 1.29 is 13.2 Å². The highest BCUT2D eigenvalue weighted by atomic mass is 32.1. The summed E-state index contributed by atoms with van der Waals surface area (Å²) in [5.74, 6) is 0. The molecule has 0 aliphatic rings. The minimum absolute atomic E-state index is 0.255. The molecule has 2 aromatic rings. The Labute approximate surface area is 88.3 Å². The zero-order valence-corrected chi connectivity index (χ0v) is 8.45. The smallest absolute Gasteiger partial charge is 0.326 e. The van der Waals surface area contributed by atoms with Gasteiger partial charge in [-0.25, -0.2) is 0 Å². The summed E-state index contributed by atoms with van der Waals surface area (Å²) in [5, 5.41) is 0.609. The highest BCUT2D eigenvalue weighted by Crippen LogP contribution is 2.38. The topological polar surface area (TPSA) is 26.0 Å². The van der Waals surface area contributed by atoms with Gasteiger partial charge in [0, 0.05) is 11.2 Å². The lowest BCUT2D eigenvalue weighted by Crippen LogP contribution is -2.00. The molecule has 80 valence electrons. The van der Waals surface area contributed by atoms with E-state index in [1.54, 1.807) is 18.2 Å². The highest BCUT2D eigenvalue weighted by Gasteiger charge is 2.32. The summed E-state index contributed by atoms with van der Waals surface area (Å²) in [6.07, 6.45) is -4.27. The van der Waals surface area contributed by atoms with Crippen LogP contribution in [0.25, 0.3) is 10.1 Å². The van der Waals surface area contributed by atoms with Gasteiger partial charge >= 0.3 is 6.18 Å². The van der Waals surface area contributed by atoms with Crippen molar-refractivity contribution in [3.63, 3.8) is 0 Å². The standard InChI is InChI=1S/C10H8F3NS/c11-10(12,13)9-4-7-6(5-14)2-1-3-8(7)15-9/h1-4H,5,14H2. The van der Waals surface area contributed by atoms with Crippen LogP contribution in [0.2, 0.25) is 0 Å². The second-order valence-corrected chi connectivity index (χ2v) is 4.23. The number of fused-ring (bicyclic) bond motifs is 1. The number of hydrogen-bond acceptors (Lipinski definition) is 2. The Morgan fingerprint density at radius 2 is 2.00 bits per heavy atom. The van der Waals surface area contributed by atoms with Gasteiger partial charge in [0.15, 0.2) is 0 Å². The Morgan fingerprint density at radius 1 is 1.27 bits per heavy atom. The molecule has 1 aromatic carbocycles. The van der Waals surface area contributed by atoms with Gasteiger partial charge in [-0.2, -0.15) is 13.2 Å². The lowest BCUT2D eigenvalue weighted by molar-refractivity contribution is -0.134. The first-order chi connectivity index (χ1) is 7.02. The van der Waals surface area contributed by atoms with Crippen LogP contribution in [0.3, 0.4) is 0 Å². The molecule has 1 aromatic heterocycles. The molecule has 0 saturated heterocycles. The van der Waals surface area contributed by atoms with E-state index >= 15 is 0 Å². The van der Waals surface area contributed by atoms with Crippen LogP contribution in [0.4, 0.5) is 13.2 Å². The van der Waals surface area contributed by atoms with Crippen molar-refractivity contribution in [1.82, 2.24) is 0 Å². The minimum atomic E-state index is -4.27. The number of benzene rings is 1. The molecule has 0 atom stereocenters. The third-order valence-corrected chi connectivity index (χ3v) is 3.30. The molecule has 0 radical (unpaired) electrons. The Morgan fingerprint density at radius 3 is 2.60 bits per heavy atom. The van der Waals surface area contributed by atoms with E-state index in [0.717, 1.165) is 16.9 Å². The Kier molecular flexibility index (Phi) is 2.44. The predicted molar refractivity (Wildman–Crippen MR) is 54.7 cm³/mol. The van der Waals surface area contributed by atoms with Crippen LogP contribution in [0, 0.1) is 0 Å². The molecule has 0 saturated carbocycles. The van der Waals surface area contributed by atoms with Crippen molar-refractivity contribution in [3.8, 4) is 0 Å². The summed E-state index contributed by atoms with van der Waals surface area (Å²) in [7, 11) is 0. The molecule has 1 heterocycles. The summed E-state index contributed by atoms with van der Waals surface area (Å²) in [5.41, 5.74) is 6.21. The Bertz CT molecular complexity index is 487. The van der Waals surface area contributed by atoms with Crippen molar-refractivity contribution >= 4 is 21.4 Å². The average molecular weight is 231 g/mol. The van der Waals surface area contributed by atoms with Gasteiger partial charge in [0.05, 0.1) is 0 Å². The monoisotopic (exact) mass is 231 g/mol. The molecular formula is C10H8F3NS. The molecule has 0 unspecified atom stereocenters. The maximum absolute atomic E-state index is 12.4. The molecule has 2 rings (SSSR count). The number of thiophene rings is 1. The molecular weight excluding hydrogens is 223 g/mol. The normalized spacial score (nSPS) is 12.3. The first kappa shape index (κ1) is 10.4. The molecule has 0 aliphatic heterocycles. The van der Waals surface area contributed by atoms with Gasteiger partial charge in [0.2, 0.25) is 0 Å². The van der Waals surface area contributed by atoms with Crippen LogP contribution >= 0.6 is 11.3 Å². The molecule has 15 heavy (non-hydrogen) atoms. The number of nitrogens with two attached hydrogens (primary N) is 1. The first-order valence-electron chi connectivity index (χ1n) is 4.31. The summed E-state index contributed by atoms with van der Waals surface area (Å²) >= 11 is 0.753. The van der Waals surface area contributed by atoms with E-state index in [1.165, 1.54) is 6.07 Å². The van der Waals surface area contributed by atoms with Crippen molar-refractivity contribution in [2.75, 3.05) is 0 Å². The van der Waals surface area contributed by atoms with E-state index in [4.69, 9.17) is 5.73 Å². The zero-order valence-electron chi connectivity index (χ0n) is 7.64. The van der Waals surface area contributed by atoms with E-state index in [0.29, 0.717) is 10.1 Å². The highest BCUT2D eigenvalue weighted by molar-refractivity contribution is 7.19. The summed E-state index contributed by atoms with van der Waals surface area (Å²) < 4.78 is 38.0. The van der Waals surface area contributed by atoms with Gasteiger partial charge in [-0.05, 0) is 23.1 Å². The molecule has 0 amide bonds. The predicted octanol–water partition coefficient (Wildman–Crippen LogP) is 3.38. The van der Waals surface area contributed by atoms with E-state index in [9.17, 15) is 13.2 Å². The SMILES string of the molecule is NCc1cccc2sc(C(F)(F)F)cc12. The van der Waals surface area contributed by atoms with Crippen molar-refractivity contribution in [2.24, 2.45) is 5.73 Å². The quantitative estimate of drug-likeness (QED) is 0.800. The van der Waals surface area contributed by atoms with E-state index < -0.39 is 11.1 Å². The van der Waals surface area contributed by atoms with Gasteiger partial charge in [-0.1, -0.05) is 12.1 Å². The maximum Gasteiger partial charge on any atom is 0.425 e. The molecule has 2 N–H and O–H groups in total.